The Morgan fingerprint density at radius 3 is 3.18 bits per heavy atom. The molecule has 0 aliphatic carbocycles. The first kappa shape index (κ1) is 6.34. The van der Waals surface area contributed by atoms with Crippen molar-refractivity contribution in [2.45, 2.75) is 6.54 Å². The Hall–Kier alpha value is -1.38. The van der Waals surface area contributed by atoms with E-state index in [1.54, 1.807) is 0 Å². The number of rotatable bonds is 0. The molecule has 1 aromatic rings. The molecule has 0 spiro atoms. The number of amides is 1. The van der Waals surface area contributed by atoms with Gasteiger partial charge in [-0.15, -0.1) is 0 Å². The normalized spacial score (nSPS) is 15.5. The highest BCUT2D eigenvalue weighted by molar-refractivity contribution is 5.91. The largest absolute Gasteiger partial charge is 0.340 e. The van der Waals surface area contributed by atoms with Crippen molar-refractivity contribution < 1.29 is 9.36 Å². The number of hydrogen-bond acceptors (Lipinski definition) is 1. The molecule has 56 valence electrons. The first-order valence-corrected chi connectivity index (χ1v) is 3.64. The zero-order valence-corrected chi connectivity index (χ0v) is 6.08. The van der Waals surface area contributed by atoms with Gasteiger partial charge in [-0.1, -0.05) is 0 Å². The Bertz CT molecular complexity index is 296. The Morgan fingerprint density at radius 1 is 1.45 bits per heavy atom. The van der Waals surface area contributed by atoms with Crippen LogP contribution in [0.4, 0.5) is 0 Å². The molecular weight excluding hydrogens is 140 g/mol. The summed E-state index contributed by atoms with van der Waals surface area (Å²) in [7, 11) is 0. The lowest BCUT2D eigenvalue weighted by Gasteiger charge is -2.09. The van der Waals surface area contributed by atoms with E-state index in [1.165, 1.54) is 0 Å². The van der Waals surface area contributed by atoms with Crippen LogP contribution >= 0.6 is 0 Å². The second-order valence-electron chi connectivity index (χ2n) is 2.54. The topological polar surface area (TPSA) is 33.0 Å². The highest BCUT2D eigenvalue weighted by Crippen LogP contribution is 1.94. The van der Waals surface area contributed by atoms with Crippen molar-refractivity contribution in [3.05, 3.63) is 30.1 Å². The van der Waals surface area contributed by atoms with Crippen LogP contribution in [0.3, 0.4) is 0 Å². The molecule has 0 unspecified atom stereocenters. The van der Waals surface area contributed by atoms with Crippen molar-refractivity contribution in [2.24, 2.45) is 0 Å². The second-order valence-corrected chi connectivity index (χ2v) is 2.54. The first-order valence-electron chi connectivity index (χ1n) is 3.64. The minimum atomic E-state index is 0.0249. The predicted molar refractivity (Wildman–Crippen MR) is 39.0 cm³/mol. The van der Waals surface area contributed by atoms with Gasteiger partial charge in [0.1, 0.15) is 0 Å². The molecule has 1 amide bonds. The predicted octanol–water partition coefficient (Wildman–Crippen LogP) is -0.283. The zero-order valence-electron chi connectivity index (χ0n) is 6.08. The Balaban J connectivity index is 2.52. The van der Waals surface area contributed by atoms with E-state index in [0.29, 0.717) is 0 Å². The molecule has 1 aliphatic rings. The molecule has 1 aliphatic heterocycles. The van der Waals surface area contributed by atoms with E-state index in [-0.39, 0.29) is 5.91 Å². The summed E-state index contributed by atoms with van der Waals surface area (Å²) in [5, 5.41) is 2.78. The van der Waals surface area contributed by atoms with Gasteiger partial charge in [0, 0.05) is 12.1 Å². The summed E-state index contributed by atoms with van der Waals surface area (Å²) in [5.74, 6) is 0.0249. The highest BCUT2D eigenvalue weighted by Gasteiger charge is 2.22. The van der Waals surface area contributed by atoms with Crippen molar-refractivity contribution >= 4 is 5.91 Å². The third-order valence-corrected chi connectivity index (χ3v) is 1.81. The summed E-state index contributed by atoms with van der Waals surface area (Å²) < 4.78 is 1.96. The number of carbonyl (C=O) groups excluding carboxylic acids is 1. The number of aromatic nitrogens is 1. The molecule has 3 nitrogen and oxygen atoms in total. The van der Waals surface area contributed by atoms with Crippen molar-refractivity contribution in [3.63, 3.8) is 0 Å². The fourth-order valence-electron chi connectivity index (χ4n) is 1.26. The summed E-state index contributed by atoms with van der Waals surface area (Å²) >= 11 is 0. The molecule has 3 heteroatoms. The van der Waals surface area contributed by atoms with Gasteiger partial charge in [-0.05, 0) is 6.07 Å². The number of fused-ring (bicyclic) bond motifs is 1. The fourth-order valence-corrected chi connectivity index (χ4v) is 1.26. The van der Waals surface area contributed by atoms with Gasteiger partial charge < -0.3 is 5.32 Å². The molecule has 11 heavy (non-hydrogen) atoms. The molecule has 2 rings (SSSR count). The first-order chi connectivity index (χ1) is 5.38. The number of nitrogens with zero attached hydrogens (tertiary/aromatic N) is 1. The van der Waals surface area contributed by atoms with Gasteiger partial charge in [0.05, 0.1) is 6.54 Å². The molecule has 2 heterocycles. The van der Waals surface area contributed by atoms with Gasteiger partial charge in [-0.2, -0.15) is 4.57 Å². The quantitative estimate of drug-likeness (QED) is 0.505. The lowest BCUT2D eigenvalue weighted by Crippen LogP contribution is -2.52. The SMILES string of the molecule is O=C1NCC[n+]2ccccc21. The molecule has 1 N–H and O–H groups in total. The average Bonchev–Trinajstić information content (AvgIpc) is 2.06. The van der Waals surface area contributed by atoms with Crippen LogP contribution in [0.25, 0.3) is 0 Å². The van der Waals surface area contributed by atoms with Gasteiger partial charge in [-0.25, -0.2) is 0 Å². The maximum atomic E-state index is 11.2. The van der Waals surface area contributed by atoms with Crippen LogP contribution < -0.4 is 9.88 Å². The van der Waals surface area contributed by atoms with E-state index >= 15 is 0 Å². The van der Waals surface area contributed by atoms with Gasteiger partial charge >= 0.3 is 5.91 Å². The smallest absolute Gasteiger partial charge is 0.316 e. The lowest BCUT2D eigenvalue weighted by molar-refractivity contribution is -0.699. The summed E-state index contributed by atoms with van der Waals surface area (Å²) in [6.45, 7) is 1.61. The van der Waals surface area contributed by atoms with E-state index in [0.717, 1.165) is 18.8 Å². The van der Waals surface area contributed by atoms with Crippen molar-refractivity contribution in [2.75, 3.05) is 6.54 Å². The van der Waals surface area contributed by atoms with Crippen molar-refractivity contribution in [1.82, 2.24) is 5.32 Å². The van der Waals surface area contributed by atoms with Crippen LogP contribution in [0.5, 0.6) is 0 Å². The molecule has 0 fully saturated rings. The summed E-state index contributed by atoms with van der Waals surface area (Å²) in [6, 6.07) is 5.63. The third kappa shape index (κ3) is 0.981. The molecule has 0 saturated heterocycles. The van der Waals surface area contributed by atoms with E-state index < -0.39 is 0 Å². The summed E-state index contributed by atoms with van der Waals surface area (Å²) in [4.78, 5) is 11.2. The van der Waals surface area contributed by atoms with E-state index in [4.69, 9.17) is 0 Å². The van der Waals surface area contributed by atoms with Gasteiger partial charge in [0.25, 0.3) is 5.69 Å². The average molecular weight is 149 g/mol. The minimum Gasteiger partial charge on any atom is -0.340 e. The van der Waals surface area contributed by atoms with Crippen LogP contribution in [0.15, 0.2) is 24.4 Å². The maximum absolute atomic E-state index is 11.2. The Kier molecular flexibility index (Phi) is 1.35. The molecule has 0 atom stereocenters. The molecule has 1 aromatic heterocycles. The van der Waals surface area contributed by atoms with E-state index in [1.807, 2.05) is 29.0 Å². The number of carbonyl (C=O) groups is 1. The fraction of sp³-hybridized carbons (Fsp3) is 0.250. The van der Waals surface area contributed by atoms with Crippen LogP contribution in [0, 0.1) is 0 Å². The Morgan fingerprint density at radius 2 is 2.36 bits per heavy atom. The Labute approximate surface area is 64.7 Å². The number of hydrogen-bond donors (Lipinski definition) is 1. The third-order valence-electron chi connectivity index (χ3n) is 1.81. The molecule has 0 bridgehead atoms. The van der Waals surface area contributed by atoms with E-state index in [2.05, 4.69) is 5.32 Å². The molecule has 0 saturated carbocycles. The molecular formula is C8H9N2O+. The molecule has 0 radical (unpaired) electrons. The zero-order chi connectivity index (χ0) is 7.68. The van der Waals surface area contributed by atoms with Crippen LogP contribution in [0.1, 0.15) is 10.5 Å². The number of nitrogens with one attached hydrogen (secondary N) is 1. The van der Waals surface area contributed by atoms with Crippen molar-refractivity contribution in [1.29, 1.82) is 0 Å². The van der Waals surface area contributed by atoms with Gasteiger partial charge in [0.2, 0.25) is 0 Å². The second kappa shape index (κ2) is 2.34. The standard InChI is InChI=1S/C8H8N2O/c11-8-7-3-1-2-5-10(7)6-4-9-8/h1-3,5H,4,6H2/p+1. The van der Waals surface area contributed by atoms with Crippen LogP contribution in [-0.2, 0) is 6.54 Å². The minimum absolute atomic E-state index is 0.0249. The maximum Gasteiger partial charge on any atom is 0.316 e. The van der Waals surface area contributed by atoms with E-state index in [9.17, 15) is 4.79 Å². The van der Waals surface area contributed by atoms with Gasteiger partial charge in [-0.3, -0.25) is 4.79 Å². The lowest BCUT2D eigenvalue weighted by atomic mass is 10.3. The monoisotopic (exact) mass is 149 g/mol. The number of pyridine rings is 1. The van der Waals surface area contributed by atoms with Crippen LogP contribution in [0.2, 0.25) is 0 Å². The summed E-state index contributed by atoms with van der Waals surface area (Å²) in [6.07, 6.45) is 1.92. The van der Waals surface area contributed by atoms with Crippen molar-refractivity contribution in [3.8, 4) is 0 Å². The summed E-state index contributed by atoms with van der Waals surface area (Å²) in [5.41, 5.74) is 0.749. The highest BCUT2D eigenvalue weighted by atomic mass is 16.2. The van der Waals surface area contributed by atoms with Gasteiger partial charge in [0.15, 0.2) is 12.7 Å². The molecule has 0 aromatic carbocycles. The van der Waals surface area contributed by atoms with Crippen LogP contribution in [-0.4, -0.2) is 12.5 Å².